The predicted octanol–water partition coefficient (Wildman–Crippen LogP) is 3.55. The van der Waals surface area contributed by atoms with Crippen LogP contribution in [0.25, 0.3) is 6.08 Å². The lowest BCUT2D eigenvalue weighted by Crippen LogP contribution is -2.20. The maximum absolute atomic E-state index is 11.7. The highest BCUT2D eigenvalue weighted by molar-refractivity contribution is 9.10. The molecule has 0 spiro atoms. The van der Waals surface area contributed by atoms with Crippen molar-refractivity contribution < 1.29 is 19.2 Å². The van der Waals surface area contributed by atoms with Gasteiger partial charge in [-0.05, 0) is 48.0 Å². The van der Waals surface area contributed by atoms with E-state index in [4.69, 9.17) is 4.74 Å². The highest BCUT2D eigenvalue weighted by atomic mass is 79.9. The molecule has 2 aromatic rings. The Bertz CT molecular complexity index is 801. The third-order valence-electron chi connectivity index (χ3n) is 2.99. The Labute approximate surface area is 151 Å². The van der Waals surface area contributed by atoms with Crippen LogP contribution in [0.1, 0.15) is 5.56 Å². The Kier molecular flexibility index (Phi) is 6.41. The Hall–Kier alpha value is -3.00. The standard InChI is InChI=1S/C17H13BrN2O5/c18-13-4-6-14(7-5-13)19-16(21)11-25-17(22)10-3-12-1-8-15(9-2-12)20(23)24/h1-10H,11H2,(H,19,21). The van der Waals surface area contributed by atoms with E-state index in [1.54, 1.807) is 24.3 Å². The van der Waals surface area contributed by atoms with Gasteiger partial charge in [-0.25, -0.2) is 4.79 Å². The number of benzene rings is 2. The summed E-state index contributed by atoms with van der Waals surface area (Å²) >= 11 is 3.29. The monoisotopic (exact) mass is 404 g/mol. The third-order valence-corrected chi connectivity index (χ3v) is 3.52. The molecule has 0 aliphatic carbocycles. The van der Waals surface area contributed by atoms with Gasteiger partial charge in [0.05, 0.1) is 4.92 Å². The van der Waals surface area contributed by atoms with Gasteiger partial charge in [-0.1, -0.05) is 15.9 Å². The zero-order chi connectivity index (χ0) is 18.2. The highest BCUT2D eigenvalue weighted by Gasteiger charge is 2.06. The number of hydrogen-bond acceptors (Lipinski definition) is 5. The van der Waals surface area contributed by atoms with Crippen LogP contribution in [0.4, 0.5) is 11.4 Å². The Balaban J connectivity index is 1.80. The van der Waals surface area contributed by atoms with E-state index in [0.717, 1.165) is 10.5 Å². The van der Waals surface area contributed by atoms with E-state index in [1.807, 2.05) is 0 Å². The lowest BCUT2D eigenvalue weighted by molar-refractivity contribution is -0.384. The first-order chi connectivity index (χ1) is 11.9. The summed E-state index contributed by atoms with van der Waals surface area (Å²) in [6.45, 7) is -0.417. The zero-order valence-corrected chi connectivity index (χ0v) is 14.4. The van der Waals surface area contributed by atoms with Crippen molar-refractivity contribution in [3.05, 3.63) is 74.8 Å². The van der Waals surface area contributed by atoms with Crippen LogP contribution >= 0.6 is 15.9 Å². The van der Waals surface area contributed by atoms with Crippen molar-refractivity contribution in [3.63, 3.8) is 0 Å². The number of esters is 1. The van der Waals surface area contributed by atoms with Gasteiger partial charge < -0.3 is 10.1 Å². The molecule has 0 aliphatic heterocycles. The van der Waals surface area contributed by atoms with Crippen LogP contribution in [0, 0.1) is 10.1 Å². The molecule has 0 heterocycles. The SMILES string of the molecule is O=C(COC(=O)C=Cc1ccc([N+](=O)[O-])cc1)Nc1ccc(Br)cc1. The van der Waals surface area contributed by atoms with Crippen molar-refractivity contribution in [1.82, 2.24) is 0 Å². The number of nitrogens with one attached hydrogen (secondary N) is 1. The maximum Gasteiger partial charge on any atom is 0.331 e. The summed E-state index contributed by atoms with van der Waals surface area (Å²) in [4.78, 5) is 33.3. The molecule has 7 nitrogen and oxygen atoms in total. The van der Waals surface area contributed by atoms with Gasteiger partial charge in [0.1, 0.15) is 0 Å². The summed E-state index contributed by atoms with van der Waals surface area (Å²) in [5.74, 6) is -1.15. The van der Waals surface area contributed by atoms with Crippen LogP contribution < -0.4 is 5.32 Å². The summed E-state index contributed by atoms with van der Waals surface area (Å²) in [6.07, 6.45) is 2.59. The van der Waals surface area contributed by atoms with E-state index >= 15 is 0 Å². The van der Waals surface area contributed by atoms with Crippen molar-refractivity contribution in [2.45, 2.75) is 0 Å². The van der Waals surface area contributed by atoms with Crippen LogP contribution in [0.15, 0.2) is 59.1 Å². The van der Waals surface area contributed by atoms with Gasteiger partial charge in [-0.15, -0.1) is 0 Å². The number of non-ortho nitro benzene ring substituents is 1. The fourth-order valence-corrected chi connectivity index (χ4v) is 2.05. The second-order valence-electron chi connectivity index (χ2n) is 4.84. The van der Waals surface area contributed by atoms with Gasteiger partial charge >= 0.3 is 5.97 Å². The number of carbonyl (C=O) groups excluding carboxylic acids is 2. The first-order valence-corrected chi connectivity index (χ1v) is 7.88. The summed E-state index contributed by atoms with van der Waals surface area (Å²) in [5, 5.41) is 13.1. The molecule has 2 rings (SSSR count). The number of nitro benzene ring substituents is 1. The maximum atomic E-state index is 11.7. The lowest BCUT2D eigenvalue weighted by Gasteiger charge is -2.05. The number of hydrogen-bond donors (Lipinski definition) is 1. The van der Waals surface area contributed by atoms with Gasteiger partial charge in [0.15, 0.2) is 6.61 Å². The van der Waals surface area contributed by atoms with E-state index in [0.29, 0.717) is 11.3 Å². The van der Waals surface area contributed by atoms with E-state index in [2.05, 4.69) is 21.2 Å². The lowest BCUT2D eigenvalue weighted by atomic mass is 10.2. The number of carbonyl (C=O) groups is 2. The number of ether oxygens (including phenoxy) is 1. The average Bonchev–Trinajstić information content (AvgIpc) is 2.60. The molecule has 0 fully saturated rings. The van der Waals surface area contributed by atoms with Gasteiger partial charge in [-0.2, -0.15) is 0 Å². The highest BCUT2D eigenvalue weighted by Crippen LogP contribution is 2.14. The van der Waals surface area contributed by atoms with Gasteiger partial charge in [0.25, 0.3) is 11.6 Å². The van der Waals surface area contributed by atoms with E-state index in [9.17, 15) is 19.7 Å². The van der Waals surface area contributed by atoms with Crippen molar-refractivity contribution in [2.24, 2.45) is 0 Å². The molecule has 1 amide bonds. The van der Waals surface area contributed by atoms with Crippen LogP contribution in [0.5, 0.6) is 0 Å². The van der Waals surface area contributed by atoms with Crippen LogP contribution in [0.2, 0.25) is 0 Å². The number of anilines is 1. The van der Waals surface area contributed by atoms with Gasteiger partial charge in [0.2, 0.25) is 0 Å². The van der Waals surface area contributed by atoms with Crippen LogP contribution in [0.3, 0.4) is 0 Å². The van der Waals surface area contributed by atoms with Gasteiger partial charge in [-0.3, -0.25) is 14.9 Å². The van der Waals surface area contributed by atoms with E-state index < -0.39 is 23.4 Å². The molecule has 0 aromatic heterocycles. The topological polar surface area (TPSA) is 98.5 Å². The minimum atomic E-state index is -0.690. The summed E-state index contributed by atoms with van der Waals surface area (Å²) in [7, 11) is 0. The first kappa shape index (κ1) is 18.3. The summed E-state index contributed by atoms with van der Waals surface area (Å²) < 4.78 is 5.71. The fraction of sp³-hybridized carbons (Fsp3) is 0.0588. The van der Waals surface area contributed by atoms with Gasteiger partial charge in [0, 0.05) is 28.4 Å². The second-order valence-corrected chi connectivity index (χ2v) is 5.76. The second kappa shape index (κ2) is 8.74. The average molecular weight is 405 g/mol. The Morgan fingerprint density at radius 2 is 1.76 bits per heavy atom. The minimum absolute atomic E-state index is 0.0376. The van der Waals surface area contributed by atoms with Crippen molar-refractivity contribution in [3.8, 4) is 0 Å². The number of nitro groups is 1. The van der Waals surface area contributed by atoms with E-state index in [-0.39, 0.29) is 5.69 Å². The molecule has 0 saturated heterocycles. The molecule has 0 atom stereocenters. The van der Waals surface area contributed by atoms with Crippen molar-refractivity contribution in [1.29, 1.82) is 0 Å². The number of halogens is 1. The Morgan fingerprint density at radius 1 is 1.12 bits per heavy atom. The van der Waals surface area contributed by atoms with Crippen molar-refractivity contribution in [2.75, 3.05) is 11.9 Å². The summed E-state index contributed by atoms with van der Waals surface area (Å²) in [5.41, 5.74) is 1.15. The number of nitrogens with zero attached hydrogens (tertiary/aromatic N) is 1. The molecule has 128 valence electrons. The molecule has 8 heteroatoms. The van der Waals surface area contributed by atoms with Crippen molar-refractivity contribution >= 4 is 45.3 Å². The molecule has 2 aromatic carbocycles. The first-order valence-electron chi connectivity index (χ1n) is 7.09. The molecule has 0 bridgehead atoms. The van der Waals surface area contributed by atoms with E-state index in [1.165, 1.54) is 30.3 Å². The zero-order valence-electron chi connectivity index (χ0n) is 12.8. The normalized spacial score (nSPS) is 10.4. The predicted molar refractivity (Wildman–Crippen MR) is 95.9 cm³/mol. The quantitative estimate of drug-likeness (QED) is 0.343. The molecular formula is C17H13BrN2O5. The largest absolute Gasteiger partial charge is 0.452 e. The molecule has 25 heavy (non-hydrogen) atoms. The molecule has 1 N–H and O–H groups in total. The third kappa shape index (κ3) is 6.19. The van der Waals surface area contributed by atoms with Crippen LogP contribution in [-0.4, -0.2) is 23.4 Å². The molecule has 0 unspecified atom stereocenters. The number of rotatable bonds is 6. The molecular weight excluding hydrogens is 392 g/mol. The Morgan fingerprint density at radius 3 is 2.36 bits per heavy atom. The minimum Gasteiger partial charge on any atom is -0.452 e. The smallest absolute Gasteiger partial charge is 0.331 e. The summed E-state index contributed by atoms with van der Waals surface area (Å²) in [6, 6.07) is 12.6. The number of amides is 1. The molecule has 0 saturated carbocycles. The fourth-order valence-electron chi connectivity index (χ4n) is 1.79. The van der Waals surface area contributed by atoms with Crippen LogP contribution in [-0.2, 0) is 14.3 Å². The molecule has 0 aliphatic rings. The molecule has 0 radical (unpaired) electrons.